The highest BCUT2D eigenvalue weighted by Gasteiger charge is 1.88. The zero-order valence-corrected chi connectivity index (χ0v) is 10.5. The van der Waals surface area contributed by atoms with Crippen LogP contribution < -0.4 is 0 Å². The maximum atomic E-state index is 7.13. The third-order valence-electron chi connectivity index (χ3n) is 2.21. The lowest BCUT2D eigenvalue weighted by atomic mass is 10.1. The van der Waals surface area contributed by atoms with Gasteiger partial charge in [0.05, 0.1) is 0 Å². The minimum atomic E-state index is 1.33. The van der Waals surface area contributed by atoms with Crippen LogP contribution in [0.25, 0.3) is 0 Å². The molecular formula is C12H24NS-. The van der Waals surface area contributed by atoms with Crippen LogP contribution in [-0.4, -0.2) is 0 Å². The highest BCUT2D eigenvalue weighted by molar-refractivity contribution is 7.64. The Hall–Kier alpha value is -0.290. The summed E-state index contributed by atoms with van der Waals surface area (Å²) in [4.78, 5) is 0. The van der Waals surface area contributed by atoms with E-state index in [0.717, 1.165) is 0 Å². The van der Waals surface area contributed by atoms with Crippen LogP contribution in [-0.2, 0) is 12.6 Å². The normalized spacial score (nSPS) is 8.64. The Morgan fingerprint density at radius 1 is 0.786 bits per heavy atom. The van der Waals surface area contributed by atoms with Gasteiger partial charge in [-0.1, -0.05) is 77.0 Å². The van der Waals surface area contributed by atoms with Crippen molar-refractivity contribution in [3.63, 3.8) is 0 Å². The van der Waals surface area contributed by atoms with Crippen molar-refractivity contribution in [1.82, 2.24) is 0 Å². The molecule has 0 aromatic heterocycles. The quantitative estimate of drug-likeness (QED) is 0.336. The van der Waals surface area contributed by atoms with E-state index in [4.69, 9.17) is 5.26 Å². The molecule has 0 saturated carbocycles. The summed E-state index contributed by atoms with van der Waals surface area (Å²) in [6.45, 7) is 4.55. The second-order valence-corrected chi connectivity index (χ2v) is 3.75. The van der Waals surface area contributed by atoms with E-state index in [-0.39, 0.29) is 0 Å². The van der Waals surface area contributed by atoms with Crippen molar-refractivity contribution in [3.05, 3.63) is 0 Å². The average molecular weight is 214 g/mol. The van der Waals surface area contributed by atoms with Gasteiger partial charge in [-0.05, 0) is 0 Å². The van der Waals surface area contributed by atoms with Gasteiger partial charge in [-0.3, -0.25) is 0 Å². The van der Waals surface area contributed by atoms with E-state index < -0.39 is 0 Å². The monoisotopic (exact) mass is 214 g/mol. The highest BCUT2D eigenvalue weighted by atomic mass is 32.1. The summed E-state index contributed by atoms with van der Waals surface area (Å²) >= 11 is 3.70. The van der Waals surface area contributed by atoms with Crippen molar-refractivity contribution in [2.45, 2.75) is 71.6 Å². The third kappa shape index (κ3) is 22.6. The maximum absolute atomic E-state index is 7.13. The first-order chi connectivity index (χ1) is 6.83. The molecule has 0 aromatic carbocycles. The van der Waals surface area contributed by atoms with Gasteiger partial charge < -0.3 is 12.6 Å². The number of nitriles is 1. The molecule has 0 heterocycles. The number of hydrogen-bond donors (Lipinski definition) is 0. The summed E-state index contributed by atoms with van der Waals surface area (Å²) in [6, 6.07) is 0. The molecule has 0 aliphatic rings. The molecule has 0 bridgehead atoms. The lowest BCUT2D eigenvalue weighted by Gasteiger charge is -1.98. The molecule has 0 saturated heterocycles. The van der Waals surface area contributed by atoms with E-state index >= 15 is 0 Å². The molecule has 0 fully saturated rings. The molecule has 0 radical (unpaired) electrons. The second kappa shape index (κ2) is 18.5. The largest absolute Gasteiger partial charge is 0.696 e. The Labute approximate surface area is 95.3 Å². The highest BCUT2D eigenvalue weighted by Crippen LogP contribution is 2.08. The summed E-state index contributed by atoms with van der Waals surface area (Å²) in [5.74, 6) is 0. The van der Waals surface area contributed by atoms with E-state index in [1.165, 1.54) is 63.2 Å². The molecule has 0 aromatic rings. The molecule has 1 nitrogen and oxygen atoms in total. The minimum absolute atomic E-state index is 1.33. The van der Waals surface area contributed by atoms with Crippen LogP contribution >= 0.6 is 0 Å². The second-order valence-electron chi connectivity index (χ2n) is 3.57. The maximum Gasteiger partial charge on any atom is -0.0533 e. The van der Waals surface area contributed by atoms with Crippen molar-refractivity contribution in [2.75, 3.05) is 0 Å². The first-order valence-corrected chi connectivity index (χ1v) is 6.25. The predicted molar refractivity (Wildman–Crippen MR) is 65.9 cm³/mol. The van der Waals surface area contributed by atoms with Crippen molar-refractivity contribution in [1.29, 1.82) is 5.26 Å². The summed E-state index contributed by atoms with van der Waals surface area (Å²) in [6.07, 6.45) is 13.0. The Morgan fingerprint density at radius 3 is 1.21 bits per heavy atom. The van der Waals surface area contributed by atoms with E-state index in [0.29, 0.717) is 0 Å². The van der Waals surface area contributed by atoms with Gasteiger partial charge >= 0.3 is 0 Å². The Morgan fingerprint density at radius 2 is 1.00 bits per heavy atom. The summed E-state index contributed by atoms with van der Waals surface area (Å²) in [5.41, 5.74) is 0. The van der Waals surface area contributed by atoms with Crippen molar-refractivity contribution in [2.24, 2.45) is 0 Å². The molecule has 2 heteroatoms. The molecule has 0 spiro atoms. The average Bonchev–Trinajstić information content (AvgIpc) is 2.18. The van der Waals surface area contributed by atoms with Gasteiger partial charge in [0.25, 0.3) is 0 Å². The topological polar surface area (TPSA) is 23.8 Å². The number of unbranched alkanes of at least 4 members (excludes halogenated alkanes) is 8. The predicted octanol–water partition coefficient (Wildman–Crippen LogP) is 4.55. The number of thiocyanates is 1. The SMILES string of the molecule is CCCCCCCCCCC.N#C[S-]. The van der Waals surface area contributed by atoms with Crippen molar-refractivity contribution < 1.29 is 0 Å². The van der Waals surface area contributed by atoms with Crippen LogP contribution in [0, 0.1) is 10.7 Å². The molecule has 0 N–H and O–H groups in total. The van der Waals surface area contributed by atoms with E-state index in [9.17, 15) is 0 Å². The fourth-order valence-electron chi connectivity index (χ4n) is 1.38. The summed E-state index contributed by atoms with van der Waals surface area (Å²) in [5, 5.41) is 8.47. The number of rotatable bonds is 8. The molecule has 0 unspecified atom stereocenters. The van der Waals surface area contributed by atoms with Gasteiger partial charge in [0.1, 0.15) is 0 Å². The van der Waals surface area contributed by atoms with Crippen LogP contribution in [0.1, 0.15) is 71.6 Å². The van der Waals surface area contributed by atoms with Crippen LogP contribution in [0.4, 0.5) is 0 Å². The molecule has 0 aliphatic heterocycles. The molecule has 84 valence electrons. The smallest absolute Gasteiger partial charge is 0.0533 e. The standard InChI is InChI=1S/C11H24.CHNS/c1-3-5-7-9-11-10-8-6-4-2;2-1-3/h3-11H2,1-2H3;3H/p-1. The lowest BCUT2D eigenvalue weighted by Crippen LogP contribution is -1.79. The number of hydrogen-bond acceptors (Lipinski definition) is 2. The Bertz CT molecular complexity index is 110. The Kier molecular flexibility index (Phi) is 21.3. The fourth-order valence-corrected chi connectivity index (χ4v) is 1.38. The van der Waals surface area contributed by atoms with Crippen LogP contribution in [0.3, 0.4) is 0 Å². The molecule has 0 atom stereocenters. The first-order valence-electron chi connectivity index (χ1n) is 5.84. The van der Waals surface area contributed by atoms with E-state index in [1.54, 1.807) is 0 Å². The van der Waals surface area contributed by atoms with Crippen molar-refractivity contribution in [3.8, 4) is 5.40 Å². The lowest BCUT2D eigenvalue weighted by molar-refractivity contribution is 0.572. The van der Waals surface area contributed by atoms with E-state index in [2.05, 4.69) is 26.5 Å². The first kappa shape index (κ1) is 16.2. The third-order valence-corrected chi connectivity index (χ3v) is 2.21. The fraction of sp³-hybridized carbons (Fsp3) is 0.917. The number of nitrogens with zero attached hydrogens (tertiary/aromatic N) is 1. The minimum Gasteiger partial charge on any atom is -0.696 e. The summed E-state index contributed by atoms with van der Waals surface area (Å²) < 4.78 is 0. The molecule has 0 rings (SSSR count). The van der Waals surface area contributed by atoms with Gasteiger partial charge in [0.15, 0.2) is 0 Å². The van der Waals surface area contributed by atoms with Gasteiger partial charge in [-0.2, -0.15) is 0 Å². The van der Waals surface area contributed by atoms with Gasteiger partial charge in [-0.25, -0.2) is 5.26 Å². The summed E-state index contributed by atoms with van der Waals surface area (Å²) in [7, 11) is 0. The Balaban J connectivity index is 0. The van der Waals surface area contributed by atoms with Crippen LogP contribution in [0.2, 0.25) is 0 Å². The van der Waals surface area contributed by atoms with E-state index in [1.807, 2.05) is 0 Å². The molecular weight excluding hydrogens is 190 g/mol. The zero-order valence-electron chi connectivity index (χ0n) is 9.72. The van der Waals surface area contributed by atoms with Crippen LogP contribution in [0.15, 0.2) is 0 Å². The van der Waals surface area contributed by atoms with Crippen LogP contribution in [0.5, 0.6) is 0 Å². The zero-order chi connectivity index (χ0) is 11.1. The van der Waals surface area contributed by atoms with Gasteiger partial charge in [-0.15, -0.1) is 0 Å². The molecule has 0 amide bonds. The van der Waals surface area contributed by atoms with Gasteiger partial charge in [0.2, 0.25) is 0 Å². The molecule has 0 aliphatic carbocycles. The van der Waals surface area contributed by atoms with Gasteiger partial charge in [0, 0.05) is 0 Å². The molecule has 14 heavy (non-hydrogen) atoms. The van der Waals surface area contributed by atoms with Crippen molar-refractivity contribution >= 4 is 12.6 Å².